The van der Waals surface area contributed by atoms with Gasteiger partial charge in [0.25, 0.3) is 0 Å². The number of hydrogen-bond acceptors (Lipinski definition) is 4. The van der Waals surface area contributed by atoms with Crippen molar-refractivity contribution in [2.24, 2.45) is 0 Å². The van der Waals surface area contributed by atoms with E-state index in [-0.39, 0.29) is 0 Å². The van der Waals surface area contributed by atoms with Gasteiger partial charge in [0.15, 0.2) is 26.0 Å². The molecule has 0 amide bonds. The maximum Gasteiger partial charge on any atom is 0.198 e. The standard InChI is InChI=1S/C2H5O4S2/c1-2(7(3)4)8(5)6/h7-8H,1H3. The van der Waals surface area contributed by atoms with Crippen molar-refractivity contribution in [1.29, 1.82) is 0 Å². The molecule has 0 unspecified atom stereocenters. The highest BCUT2D eigenvalue weighted by atomic mass is 32.2. The minimum absolute atomic E-state index is 0.491. The predicted octanol–water partition coefficient (Wildman–Crippen LogP) is -1.28. The van der Waals surface area contributed by atoms with Crippen LogP contribution in [-0.4, -0.2) is 16.8 Å². The van der Waals surface area contributed by atoms with Gasteiger partial charge < -0.3 is 0 Å². The van der Waals surface area contributed by atoms with Gasteiger partial charge in [0.1, 0.15) is 0 Å². The smallest absolute Gasteiger partial charge is 0.198 e. The monoisotopic (exact) mass is 157 g/mol. The van der Waals surface area contributed by atoms with Crippen LogP contribution in [0.25, 0.3) is 0 Å². The molecular formula is C2H5O4S2. The van der Waals surface area contributed by atoms with E-state index >= 15 is 0 Å². The van der Waals surface area contributed by atoms with E-state index in [4.69, 9.17) is 0 Å². The van der Waals surface area contributed by atoms with Crippen LogP contribution in [-0.2, 0) is 21.4 Å². The van der Waals surface area contributed by atoms with E-state index in [9.17, 15) is 16.8 Å². The fourth-order valence-corrected chi connectivity index (χ4v) is 0.600. The molecule has 0 saturated carbocycles. The third-order valence-electron chi connectivity index (χ3n) is 0.528. The summed E-state index contributed by atoms with van der Waals surface area (Å²) in [4.78, 5) is 0. The SMILES string of the molecule is C[C]([SH](=O)=O)[SH](=O)=O. The largest absolute Gasteiger partial charge is 0.230 e. The Morgan fingerprint density at radius 3 is 1.25 bits per heavy atom. The molecule has 0 aromatic carbocycles. The van der Waals surface area contributed by atoms with Crippen LogP contribution in [0, 0.1) is 4.58 Å². The van der Waals surface area contributed by atoms with Crippen LogP contribution in [0.2, 0.25) is 0 Å². The van der Waals surface area contributed by atoms with Crippen LogP contribution >= 0.6 is 0 Å². The highest BCUT2D eigenvalue weighted by molar-refractivity contribution is 7.95. The highest BCUT2D eigenvalue weighted by Crippen LogP contribution is 1.96. The first-order chi connectivity index (χ1) is 3.55. The molecule has 49 valence electrons. The summed E-state index contributed by atoms with van der Waals surface area (Å²) in [6.45, 7) is 1.04. The first-order valence-electron chi connectivity index (χ1n) is 1.68. The zero-order chi connectivity index (χ0) is 6.73. The summed E-state index contributed by atoms with van der Waals surface area (Å²) in [7, 11) is -5.76. The first-order valence-corrected chi connectivity index (χ1v) is 4.03. The summed E-state index contributed by atoms with van der Waals surface area (Å²) in [6.07, 6.45) is 0. The minimum atomic E-state index is -2.88. The molecule has 0 N–H and O–H groups in total. The van der Waals surface area contributed by atoms with Gasteiger partial charge in [-0.25, -0.2) is 16.8 Å². The molecule has 4 nitrogen and oxygen atoms in total. The summed E-state index contributed by atoms with van der Waals surface area (Å²) in [5.74, 6) is 0. The van der Waals surface area contributed by atoms with Gasteiger partial charge in [0.05, 0.1) is 0 Å². The summed E-state index contributed by atoms with van der Waals surface area (Å²) in [5, 5.41) is 0. The van der Waals surface area contributed by atoms with Crippen molar-refractivity contribution in [2.75, 3.05) is 0 Å². The van der Waals surface area contributed by atoms with E-state index in [0.29, 0.717) is 0 Å². The summed E-state index contributed by atoms with van der Waals surface area (Å²) in [5.41, 5.74) is 0. The Morgan fingerprint density at radius 1 is 1.00 bits per heavy atom. The fourth-order valence-electron chi connectivity index (χ4n) is 0.0667. The molecule has 0 aromatic heterocycles. The van der Waals surface area contributed by atoms with Gasteiger partial charge in [-0.3, -0.25) is 0 Å². The number of thiol groups is 2. The van der Waals surface area contributed by atoms with Crippen LogP contribution in [0.5, 0.6) is 0 Å². The molecule has 0 atom stereocenters. The molecule has 0 aliphatic heterocycles. The van der Waals surface area contributed by atoms with Gasteiger partial charge in [-0.2, -0.15) is 0 Å². The third kappa shape index (κ3) is 2.27. The Balaban J connectivity index is 4.27. The molecular weight excluding hydrogens is 152 g/mol. The van der Waals surface area contributed by atoms with Gasteiger partial charge in [-0.1, -0.05) is 0 Å². The third-order valence-corrected chi connectivity index (χ3v) is 2.57. The van der Waals surface area contributed by atoms with Crippen LogP contribution in [0.3, 0.4) is 0 Å². The summed E-state index contributed by atoms with van der Waals surface area (Å²) < 4.78 is 38.5. The topological polar surface area (TPSA) is 68.3 Å². The molecule has 0 saturated heterocycles. The van der Waals surface area contributed by atoms with Gasteiger partial charge in [-0.05, 0) is 6.92 Å². The minimum Gasteiger partial charge on any atom is -0.230 e. The van der Waals surface area contributed by atoms with Crippen molar-refractivity contribution < 1.29 is 16.8 Å². The molecule has 0 aliphatic rings. The lowest BCUT2D eigenvalue weighted by Gasteiger charge is -1.83. The lowest BCUT2D eigenvalue weighted by Crippen LogP contribution is -1.93. The second kappa shape index (κ2) is 3.03. The fraction of sp³-hybridized carbons (Fsp3) is 0.500. The van der Waals surface area contributed by atoms with Gasteiger partial charge in [-0.15, -0.1) is 0 Å². The molecule has 0 heterocycles. The molecule has 0 aliphatic carbocycles. The molecule has 0 fully saturated rings. The van der Waals surface area contributed by atoms with Crippen LogP contribution in [0.15, 0.2) is 0 Å². The van der Waals surface area contributed by atoms with E-state index in [0.717, 1.165) is 6.92 Å². The normalized spacial score (nSPS) is 11.5. The lowest BCUT2D eigenvalue weighted by atomic mass is 11.0. The maximum atomic E-state index is 9.76. The zero-order valence-corrected chi connectivity index (χ0v) is 5.82. The predicted molar refractivity (Wildman–Crippen MR) is 29.5 cm³/mol. The average molecular weight is 157 g/mol. The maximum absolute atomic E-state index is 9.76. The van der Waals surface area contributed by atoms with Crippen molar-refractivity contribution in [3.05, 3.63) is 4.58 Å². The number of rotatable bonds is 2. The Labute approximate surface area is 50.4 Å². The summed E-state index contributed by atoms with van der Waals surface area (Å²) in [6, 6.07) is 0. The van der Waals surface area contributed by atoms with Gasteiger partial charge >= 0.3 is 0 Å². The zero-order valence-electron chi connectivity index (χ0n) is 4.03. The Hall–Kier alpha value is -0.100. The van der Waals surface area contributed by atoms with E-state index in [2.05, 4.69) is 0 Å². The second-order valence-corrected chi connectivity index (χ2v) is 3.78. The van der Waals surface area contributed by atoms with E-state index in [1.54, 1.807) is 0 Å². The molecule has 0 spiro atoms. The quantitative estimate of drug-likeness (QED) is 0.490. The first kappa shape index (κ1) is 7.90. The van der Waals surface area contributed by atoms with E-state index in [1.807, 2.05) is 0 Å². The van der Waals surface area contributed by atoms with Gasteiger partial charge in [0.2, 0.25) is 0 Å². The summed E-state index contributed by atoms with van der Waals surface area (Å²) >= 11 is 0. The van der Waals surface area contributed by atoms with Crippen LogP contribution in [0.4, 0.5) is 0 Å². The van der Waals surface area contributed by atoms with E-state index < -0.39 is 26.0 Å². The van der Waals surface area contributed by atoms with Crippen molar-refractivity contribution >= 4 is 21.4 Å². The Kier molecular flexibility index (Phi) is 2.99. The van der Waals surface area contributed by atoms with E-state index in [1.165, 1.54) is 0 Å². The molecule has 6 heteroatoms. The number of hydrogen-bond donors (Lipinski definition) is 2. The van der Waals surface area contributed by atoms with Crippen molar-refractivity contribution in [3.63, 3.8) is 0 Å². The Morgan fingerprint density at radius 2 is 1.25 bits per heavy atom. The highest BCUT2D eigenvalue weighted by Gasteiger charge is 2.06. The van der Waals surface area contributed by atoms with Crippen LogP contribution < -0.4 is 0 Å². The molecule has 0 bridgehead atoms. The lowest BCUT2D eigenvalue weighted by molar-refractivity contribution is 0.608. The average Bonchev–Trinajstić information content (AvgIpc) is 1.64. The van der Waals surface area contributed by atoms with Crippen molar-refractivity contribution in [2.45, 2.75) is 6.92 Å². The molecule has 0 aromatic rings. The van der Waals surface area contributed by atoms with Gasteiger partial charge in [0, 0.05) is 0 Å². The van der Waals surface area contributed by atoms with Crippen molar-refractivity contribution in [1.82, 2.24) is 0 Å². The Bertz CT molecular complexity index is 162. The van der Waals surface area contributed by atoms with Crippen molar-refractivity contribution in [3.8, 4) is 0 Å². The molecule has 1 radical (unpaired) electrons. The molecule has 0 rings (SSSR count). The van der Waals surface area contributed by atoms with Crippen LogP contribution in [0.1, 0.15) is 6.92 Å². The molecule has 8 heavy (non-hydrogen) atoms. The second-order valence-electron chi connectivity index (χ2n) is 1.06.